The van der Waals surface area contributed by atoms with Crippen molar-refractivity contribution in [2.75, 3.05) is 13.6 Å². The van der Waals surface area contributed by atoms with Crippen LogP contribution in [0, 0.1) is 0 Å². The molecule has 8 heavy (non-hydrogen) atoms. The van der Waals surface area contributed by atoms with Crippen LogP contribution in [0.4, 0.5) is 0 Å². The van der Waals surface area contributed by atoms with E-state index in [0.717, 1.165) is 13.0 Å². The average Bonchev–Trinajstić information content (AvgIpc) is 2.14. The summed E-state index contributed by atoms with van der Waals surface area (Å²) in [5, 5.41) is 5.89. The maximum Gasteiger partial charge on any atom is 0.0568 e. The second kappa shape index (κ2) is 2.13. The summed E-state index contributed by atoms with van der Waals surface area (Å²) in [7, 11) is 1.91. The zero-order chi connectivity index (χ0) is 5.98. The highest BCUT2D eigenvalue weighted by atomic mass is 15.7. The Morgan fingerprint density at radius 1 is 1.88 bits per heavy atom. The predicted octanol–water partition coefficient (Wildman–Crippen LogP) is 0.202. The third-order valence-electron chi connectivity index (χ3n) is 1.21. The Labute approximate surface area is 49.3 Å². The monoisotopic (exact) mass is 113 g/mol. The van der Waals surface area contributed by atoms with Crippen LogP contribution in [-0.2, 0) is 0 Å². The molecule has 0 aromatic heterocycles. The van der Waals surface area contributed by atoms with Crippen molar-refractivity contribution in [1.29, 1.82) is 0 Å². The third-order valence-corrected chi connectivity index (χ3v) is 1.21. The Morgan fingerprint density at radius 2 is 2.62 bits per heavy atom. The quantitative estimate of drug-likeness (QED) is 0.526. The van der Waals surface area contributed by atoms with E-state index in [-0.39, 0.29) is 0 Å². The highest BCUT2D eigenvalue weighted by molar-refractivity contribution is 5.86. The molecule has 0 spiro atoms. The molecule has 0 unspecified atom stereocenters. The van der Waals surface area contributed by atoms with Crippen LogP contribution in [0.5, 0.6) is 0 Å². The molecule has 0 bridgehead atoms. The van der Waals surface area contributed by atoms with Gasteiger partial charge in [0, 0.05) is 7.05 Å². The van der Waals surface area contributed by atoms with Crippen LogP contribution in [-0.4, -0.2) is 24.4 Å². The van der Waals surface area contributed by atoms with E-state index >= 15 is 0 Å². The molecule has 0 saturated heterocycles. The first-order valence-corrected chi connectivity index (χ1v) is 2.86. The molecule has 1 aliphatic rings. The highest BCUT2D eigenvalue weighted by Crippen LogP contribution is 1.93. The Balaban J connectivity index is 2.44. The Hall–Kier alpha value is -0.570. The fraction of sp³-hybridized carbons (Fsp3) is 0.800. The van der Waals surface area contributed by atoms with Gasteiger partial charge in [0.15, 0.2) is 0 Å². The highest BCUT2D eigenvalue weighted by Gasteiger charge is 2.05. The number of rotatable bonds is 1. The lowest BCUT2D eigenvalue weighted by Crippen LogP contribution is -2.24. The van der Waals surface area contributed by atoms with Crippen molar-refractivity contribution >= 4 is 5.71 Å². The molecule has 0 aromatic rings. The molecule has 0 aromatic carbocycles. The molecule has 46 valence electrons. The predicted molar refractivity (Wildman–Crippen MR) is 33.5 cm³/mol. The molecule has 0 amide bonds. The number of hydrazine groups is 1. The SMILES string of the molecule is CCC1=NN(C)NC1. The molecule has 0 aliphatic carbocycles. The van der Waals surface area contributed by atoms with E-state index in [2.05, 4.69) is 17.5 Å². The zero-order valence-corrected chi connectivity index (χ0v) is 5.31. The van der Waals surface area contributed by atoms with Crippen LogP contribution in [0.25, 0.3) is 0 Å². The second-order valence-electron chi connectivity index (χ2n) is 1.88. The van der Waals surface area contributed by atoms with Crippen LogP contribution in [0.3, 0.4) is 0 Å². The van der Waals surface area contributed by atoms with Gasteiger partial charge in [-0.15, -0.1) is 0 Å². The van der Waals surface area contributed by atoms with E-state index in [9.17, 15) is 0 Å². The van der Waals surface area contributed by atoms with Crippen LogP contribution in [0.1, 0.15) is 13.3 Å². The first kappa shape index (κ1) is 5.56. The number of hydrogen-bond acceptors (Lipinski definition) is 3. The normalized spacial score (nSPS) is 19.2. The smallest absolute Gasteiger partial charge is 0.0568 e. The molecule has 0 saturated carbocycles. The average molecular weight is 113 g/mol. The standard InChI is InChI=1S/C5H11N3/c1-3-5-4-6-8(2)7-5/h6H,3-4H2,1-2H3. The van der Waals surface area contributed by atoms with E-state index in [1.165, 1.54) is 5.71 Å². The Morgan fingerprint density at radius 3 is 2.88 bits per heavy atom. The summed E-state index contributed by atoms with van der Waals surface area (Å²) >= 11 is 0. The minimum atomic E-state index is 0.924. The molecule has 0 atom stereocenters. The van der Waals surface area contributed by atoms with E-state index in [1.54, 1.807) is 5.12 Å². The maximum atomic E-state index is 4.15. The first-order valence-electron chi connectivity index (χ1n) is 2.86. The number of nitrogens with zero attached hydrogens (tertiary/aromatic N) is 2. The van der Waals surface area contributed by atoms with Gasteiger partial charge in [0.25, 0.3) is 0 Å². The maximum absolute atomic E-state index is 4.15. The number of nitrogens with one attached hydrogen (secondary N) is 1. The molecule has 0 radical (unpaired) electrons. The molecule has 1 rings (SSSR count). The van der Waals surface area contributed by atoms with Gasteiger partial charge in [0.1, 0.15) is 0 Å². The van der Waals surface area contributed by atoms with Gasteiger partial charge in [-0.25, -0.2) is 10.5 Å². The van der Waals surface area contributed by atoms with Gasteiger partial charge in [-0.3, -0.25) is 0 Å². The lowest BCUT2D eigenvalue weighted by molar-refractivity contribution is 0.289. The summed E-state index contributed by atoms with van der Waals surface area (Å²) in [5.41, 5.74) is 4.28. The van der Waals surface area contributed by atoms with E-state index in [1.807, 2.05) is 7.05 Å². The van der Waals surface area contributed by atoms with Crippen molar-refractivity contribution in [2.24, 2.45) is 5.10 Å². The van der Waals surface area contributed by atoms with E-state index in [4.69, 9.17) is 0 Å². The van der Waals surface area contributed by atoms with Crippen molar-refractivity contribution in [1.82, 2.24) is 10.5 Å². The summed E-state index contributed by atoms with van der Waals surface area (Å²) in [6, 6.07) is 0. The topological polar surface area (TPSA) is 27.6 Å². The van der Waals surface area contributed by atoms with Crippen LogP contribution < -0.4 is 5.43 Å². The largest absolute Gasteiger partial charge is 0.233 e. The van der Waals surface area contributed by atoms with Gasteiger partial charge in [-0.2, -0.15) is 5.10 Å². The molecule has 1 N–H and O–H groups in total. The Kier molecular flexibility index (Phi) is 1.48. The lowest BCUT2D eigenvalue weighted by atomic mass is 10.3. The van der Waals surface area contributed by atoms with Gasteiger partial charge < -0.3 is 0 Å². The van der Waals surface area contributed by atoms with Crippen molar-refractivity contribution in [3.63, 3.8) is 0 Å². The zero-order valence-electron chi connectivity index (χ0n) is 5.31. The van der Waals surface area contributed by atoms with Gasteiger partial charge in [-0.1, -0.05) is 6.92 Å². The van der Waals surface area contributed by atoms with Gasteiger partial charge in [0.2, 0.25) is 0 Å². The second-order valence-corrected chi connectivity index (χ2v) is 1.88. The summed E-state index contributed by atoms with van der Waals surface area (Å²) < 4.78 is 0. The summed E-state index contributed by atoms with van der Waals surface area (Å²) in [6.45, 7) is 3.03. The minimum absolute atomic E-state index is 0.924. The lowest BCUT2D eigenvalue weighted by Gasteiger charge is -2.02. The summed E-state index contributed by atoms with van der Waals surface area (Å²) in [6.07, 6.45) is 1.05. The summed E-state index contributed by atoms with van der Waals surface area (Å²) in [5.74, 6) is 0. The van der Waals surface area contributed by atoms with E-state index in [0.29, 0.717) is 0 Å². The van der Waals surface area contributed by atoms with Gasteiger partial charge in [-0.05, 0) is 6.42 Å². The number of hydrazone groups is 1. The molecule has 0 fully saturated rings. The molecular formula is C5H11N3. The van der Waals surface area contributed by atoms with Crippen molar-refractivity contribution in [3.05, 3.63) is 0 Å². The van der Waals surface area contributed by atoms with Crippen molar-refractivity contribution in [2.45, 2.75) is 13.3 Å². The Bertz CT molecular complexity index is 108. The molecule has 1 aliphatic heterocycles. The number of hydrogen-bond donors (Lipinski definition) is 1. The van der Waals surface area contributed by atoms with Crippen LogP contribution >= 0.6 is 0 Å². The fourth-order valence-electron chi connectivity index (χ4n) is 0.684. The molecular weight excluding hydrogens is 102 g/mol. The van der Waals surface area contributed by atoms with Crippen molar-refractivity contribution in [3.8, 4) is 0 Å². The van der Waals surface area contributed by atoms with Crippen molar-refractivity contribution < 1.29 is 0 Å². The summed E-state index contributed by atoms with van der Waals surface area (Å²) in [4.78, 5) is 0. The fourth-order valence-corrected chi connectivity index (χ4v) is 0.684. The third kappa shape index (κ3) is 0.980. The minimum Gasteiger partial charge on any atom is -0.233 e. The van der Waals surface area contributed by atoms with Crippen LogP contribution in [0.15, 0.2) is 5.10 Å². The van der Waals surface area contributed by atoms with Crippen LogP contribution in [0.2, 0.25) is 0 Å². The van der Waals surface area contributed by atoms with Gasteiger partial charge >= 0.3 is 0 Å². The first-order chi connectivity index (χ1) is 3.83. The van der Waals surface area contributed by atoms with E-state index < -0.39 is 0 Å². The molecule has 1 heterocycles. The molecule has 3 nitrogen and oxygen atoms in total. The van der Waals surface area contributed by atoms with Gasteiger partial charge in [0.05, 0.1) is 12.3 Å². The molecule has 3 heteroatoms.